The topological polar surface area (TPSA) is 154 Å². The summed E-state index contributed by atoms with van der Waals surface area (Å²) >= 11 is 3.78. The lowest BCUT2D eigenvalue weighted by Crippen LogP contribution is -2.52. The summed E-state index contributed by atoms with van der Waals surface area (Å²) in [6, 6.07) is 8.19. The predicted molar refractivity (Wildman–Crippen MR) is 222 cm³/mol. The first-order chi connectivity index (χ1) is 27.6. The van der Waals surface area contributed by atoms with Crippen LogP contribution < -0.4 is 20.4 Å². The summed E-state index contributed by atoms with van der Waals surface area (Å²) in [5.74, 6) is 2.69. The van der Waals surface area contributed by atoms with Crippen LogP contribution in [0.15, 0.2) is 41.1 Å². The minimum atomic E-state index is -0.451. The van der Waals surface area contributed by atoms with Crippen LogP contribution in [0.1, 0.15) is 79.9 Å². The van der Waals surface area contributed by atoms with Crippen LogP contribution >= 0.6 is 15.9 Å². The standard InChI is InChI=1S/C41H52BrN11O4/c1-25(2)53-35-19-38(46-37-7-12-43-41(47-37)51-15-10-30(57-4)11-16-51)45-21-32(35)39(48-53)50-13-8-28(9-14-50)49(3)22-27-17-26-23-52(40(56)31(26)18-33(27)42)29-5-6-34(44-20-29)36(55)24-54/h7,12,17-19,21,24-25,28-30,34,44H,5-6,8-11,13-16,20,22-23H2,1-4H3,(H,43,45,46,47). The third kappa shape index (κ3) is 8.14. The fourth-order valence-corrected chi connectivity index (χ4v) is 9.35. The van der Waals surface area contributed by atoms with Crippen molar-refractivity contribution in [2.24, 2.45) is 0 Å². The number of pyridine rings is 1. The lowest BCUT2D eigenvalue weighted by atomic mass is 9.97. The van der Waals surface area contributed by atoms with Gasteiger partial charge in [-0.15, -0.1) is 0 Å². The highest BCUT2D eigenvalue weighted by Gasteiger charge is 2.37. The molecule has 0 bridgehead atoms. The Morgan fingerprint density at radius 2 is 1.82 bits per heavy atom. The number of hydrogen-bond donors (Lipinski definition) is 2. The van der Waals surface area contributed by atoms with Gasteiger partial charge in [0.2, 0.25) is 11.7 Å². The Balaban J connectivity index is 0.896. The number of nitrogens with one attached hydrogen (secondary N) is 2. The van der Waals surface area contributed by atoms with E-state index in [1.165, 1.54) is 0 Å². The highest BCUT2D eigenvalue weighted by atomic mass is 79.9. The maximum Gasteiger partial charge on any atom is 0.254 e. The Kier molecular flexibility index (Phi) is 11.6. The zero-order valence-corrected chi connectivity index (χ0v) is 34.7. The highest BCUT2D eigenvalue weighted by molar-refractivity contribution is 9.10. The molecule has 16 heteroatoms. The highest BCUT2D eigenvalue weighted by Crippen LogP contribution is 2.35. The van der Waals surface area contributed by atoms with Crippen molar-refractivity contribution in [1.82, 2.24) is 39.8 Å². The Labute approximate surface area is 341 Å². The summed E-state index contributed by atoms with van der Waals surface area (Å²) in [5, 5.41) is 12.8. The van der Waals surface area contributed by atoms with Crippen LogP contribution in [-0.2, 0) is 27.4 Å². The maximum atomic E-state index is 13.5. The maximum absolute atomic E-state index is 13.5. The lowest BCUT2D eigenvalue weighted by Gasteiger charge is -2.37. The van der Waals surface area contributed by atoms with Gasteiger partial charge < -0.3 is 30.1 Å². The van der Waals surface area contributed by atoms with Gasteiger partial charge in [0.25, 0.3) is 5.91 Å². The molecule has 302 valence electrons. The summed E-state index contributed by atoms with van der Waals surface area (Å²) in [4.78, 5) is 59.3. The van der Waals surface area contributed by atoms with E-state index in [2.05, 4.69) is 84.0 Å². The number of carbonyl (C=O) groups is 3. The Morgan fingerprint density at radius 3 is 2.53 bits per heavy atom. The van der Waals surface area contributed by atoms with Gasteiger partial charge in [-0.1, -0.05) is 22.0 Å². The molecule has 0 saturated carbocycles. The molecule has 7 heterocycles. The molecule has 2 atom stereocenters. The number of ether oxygens (including phenoxy) is 1. The first-order valence-electron chi connectivity index (χ1n) is 20.2. The zero-order valence-electron chi connectivity index (χ0n) is 33.2. The number of aromatic nitrogens is 5. The fourth-order valence-electron chi connectivity index (χ4n) is 8.88. The molecule has 3 aromatic heterocycles. The molecule has 0 spiro atoms. The van der Waals surface area contributed by atoms with E-state index in [0.29, 0.717) is 61.9 Å². The first kappa shape index (κ1) is 39.3. The molecular weight excluding hydrogens is 790 g/mol. The van der Waals surface area contributed by atoms with Gasteiger partial charge in [0.05, 0.1) is 23.0 Å². The van der Waals surface area contributed by atoms with E-state index in [9.17, 15) is 14.4 Å². The molecule has 8 rings (SSSR count). The molecule has 4 aromatic rings. The number of carbonyl (C=O) groups excluding carboxylic acids is 3. The first-order valence-corrected chi connectivity index (χ1v) is 20.9. The average molecular weight is 843 g/mol. The summed E-state index contributed by atoms with van der Waals surface area (Å²) in [6.45, 7) is 9.62. The number of halogens is 1. The van der Waals surface area contributed by atoms with E-state index in [-0.39, 0.29) is 18.0 Å². The van der Waals surface area contributed by atoms with Gasteiger partial charge in [0.1, 0.15) is 11.6 Å². The van der Waals surface area contributed by atoms with Gasteiger partial charge in [-0.2, -0.15) is 10.1 Å². The minimum absolute atomic E-state index is 0.0119. The Hall–Kier alpha value is -4.51. The van der Waals surface area contributed by atoms with Gasteiger partial charge in [-0.25, -0.2) is 9.97 Å². The number of nitrogens with zero attached hydrogens (tertiary/aromatic N) is 9. The number of aldehydes is 1. The molecule has 3 fully saturated rings. The second kappa shape index (κ2) is 16.8. The van der Waals surface area contributed by atoms with Gasteiger partial charge in [0.15, 0.2) is 12.1 Å². The van der Waals surface area contributed by atoms with Crippen molar-refractivity contribution in [3.8, 4) is 0 Å². The van der Waals surface area contributed by atoms with E-state index in [4.69, 9.17) is 19.8 Å². The molecule has 2 N–H and O–H groups in total. The van der Waals surface area contributed by atoms with Gasteiger partial charge in [0, 0.05) is 99.5 Å². The summed E-state index contributed by atoms with van der Waals surface area (Å²) in [6.07, 6.45) is 9.55. The summed E-state index contributed by atoms with van der Waals surface area (Å²) < 4.78 is 8.56. The number of amides is 1. The molecular formula is C41H52BrN11O4. The Bertz CT molecular complexity index is 2120. The largest absolute Gasteiger partial charge is 0.381 e. The van der Waals surface area contributed by atoms with Gasteiger partial charge in [-0.05, 0) is 82.7 Å². The van der Waals surface area contributed by atoms with Crippen LogP contribution in [0.2, 0.25) is 0 Å². The molecule has 1 aromatic carbocycles. The van der Waals surface area contributed by atoms with Crippen molar-refractivity contribution < 1.29 is 19.1 Å². The monoisotopic (exact) mass is 841 g/mol. The summed E-state index contributed by atoms with van der Waals surface area (Å²) in [7, 11) is 3.96. The predicted octanol–water partition coefficient (Wildman–Crippen LogP) is 4.87. The Morgan fingerprint density at radius 1 is 1.05 bits per heavy atom. The van der Waals surface area contributed by atoms with E-state index in [1.807, 2.05) is 23.2 Å². The molecule has 2 unspecified atom stereocenters. The number of rotatable bonds is 12. The van der Waals surface area contributed by atoms with Crippen LogP contribution in [0, 0.1) is 0 Å². The van der Waals surface area contributed by atoms with Crippen LogP contribution in [0.4, 0.5) is 23.4 Å². The SMILES string of the molecule is COC1CCN(c2nccc(Nc3cc4c(cn3)c(N3CCC(N(C)Cc5cc6c(cc5Br)C(=O)N(C5CCC(C(=O)C=O)NC5)C6)CC3)nn4C(C)C)n2)CC1. The van der Waals surface area contributed by atoms with E-state index in [1.54, 1.807) is 13.3 Å². The fraction of sp³-hybridized carbons (Fsp3) is 0.537. The van der Waals surface area contributed by atoms with E-state index in [0.717, 1.165) is 96.3 Å². The number of ketones is 1. The molecule has 57 heavy (non-hydrogen) atoms. The van der Waals surface area contributed by atoms with Crippen LogP contribution in [0.5, 0.6) is 0 Å². The molecule has 0 aliphatic carbocycles. The third-order valence-corrected chi connectivity index (χ3v) is 13.0. The van der Waals surface area contributed by atoms with Crippen molar-refractivity contribution >= 4 is 68.2 Å². The zero-order chi connectivity index (χ0) is 39.8. The minimum Gasteiger partial charge on any atom is -0.381 e. The number of Topliss-reactive ketones (excluding diaryl/α,β-unsaturated/α-hetero) is 1. The van der Waals surface area contributed by atoms with Crippen molar-refractivity contribution in [3.05, 3.63) is 57.8 Å². The molecule has 1 amide bonds. The molecule has 15 nitrogen and oxygen atoms in total. The van der Waals surface area contributed by atoms with E-state index < -0.39 is 11.8 Å². The number of methoxy groups -OCH3 is 1. The number of fused-ring (bicyclic) bond motifs is 2. The number of anilines is 4. The van der Waals surface area contributed by atoms with Gasteiger partial charge in [-0.3, -0.25) is 24.0 Å². The third-order valence-electron chi connectivity index (χ3n) is 12.2. The number of hydrogen-bond acceptors (Lipinski definition) is 13. The van der Waals surface area contributed by atoms with Crippen molar-refractivity contribution in [3.63, 3.8) is 0 Å². The van der Waals surface area contributed by atoms with Gasteiger partial charge >= 0.3 is 0 Å². The number of benzene rings is 1. The second-order valence-corrected chi connectivity index (χ2v) is 17.0. The molecule has 4 aliphatic rings. The van der Waals surface area contributed by atoms with Crippen molar-refractivity contribution in [2.45, 2.75) is 95.7 Å². The molecule has 0 radical (unpaired) electrons. The van der Waals surface area contributed by atoms with Crippen LogP contribution in [0.25, 0.3) is 10.9 Å². The number of piperidine rings is 3. The molecule has 3 saturated heterocycles. The smallest absolute Gasteiger partial charge is 0.254 e. The van der Waals surface area contributed by atoms with Crippen LogP contribution in [0.3, 0.4) is 0 Å². The lowest BCUT2D eigenvalue weighted by molar-refractivity contribution is -0.131. The van der Waals surface area contributed by atoms with Crippen LogP contribution in [-0.4, -0.2) is 124 Å². The average Bonchev–Trinajstić information content (AvgIpc) is 3.77. The molecule has 4 aliphatic heterocycles. The summed E-state index contributed by atoms with van der Waals surface area (Å²) in [5.41, 5.74) is 3.96. The van der Waals surface area contributed by atoms with Crippen molar-refractivity contribution in [1.29, 1.82) is 0 Å². The van der Waals surface area contributed by atoms with E-state index >= 15 is 0 Å². The second-order valence-electron chi connectivity index (χ2n) is 16.1. The quantitative estimate of drug-likeness (QED) is 0.148. The van der Waals surface area contributed by atoms with Crippen molar-refractivity contribution in [2.75, 3.05) is 62.0 Å². The normalized spacial score (nSPS) is 20.9.